The van der Waals surface area contributed by atoms with Crippen LogP contribution < -0.4 is 0 Å². The number of halogens is 1. The Hall–Kier alpha value is -2.21. The van der Waals surface area contributed by atoms with E-state index in [0.717, 1.165) is 5.56 Å². The highest BCUT2D eigenvalue weighted by Gasteiger charge is 2.30. The standard InChI is InChI=1S/C19H22FNO3S/c1-14-6-4-8-17(10-14)13-25(23,24)15(2)19(22)21(3)12-16-7-5-9-18(20)11-16/h4-11,15H,12-13H2,1-3H3. The quantitative estimate of drug-likeness (QED) is 0.792. The molecule has 1 unspecified atom stereocenters. The Bertz CT molecular complexity index is 864. The molecule has 0 N–H and O–H groups in total. The number of carbonyl (C=O) groups excluding carboxylic acids is 1. The van der Waals surface area contributed by atoms with E-state index in [-0.39, 0.29) is 12.3 Å². The lowest BCUT2D eigenvalue weighted by Gasteiger charge is -2.22. The van der Waals surface area contributed by atoms with Gasteiger partial charge in [-0.05, 0) is 37.1 Å². The van der Waals surface area contributed by atoms with Crippen molar-refractivity contribution in [3.8, 4) is 0 Å². The van der Waals surface area contributed by atoms with Crippen molar-refractivity contribution < 1.29 is 17.6 Å². The average Bonchev–Trinajstić information content (AvgIpc) is 2.53. The summed E-state index contributed by atoms with van der Waals surface area (Å²) in [6.45, 7) is 3.44. The SMILES string of the molecule is Cc1cccc(CS(=O)(=O)C(C)C(=O)N(C)Cc2cccc(F)c2)c1. The van der Waals surface area contributed by atoms with Crippen LogP contribution in [0.1, 0.15) is 23.6 Å². The second kappa shape index (κ2) is 7.78. The molecule has 0 bridgehead atoms. The molecule has 2 aromatic rings. The molecule has 1 amide bonds. The molecule has 0 fully saturated rings. The number of aryl methyl sites for hydroxylation is 1. The second-order valence-electron chi connectivity index (χ2n) is 6.26. The highest BCUT2D eigenvalue weighted by atomic mass is 32.2. The zero-order valence-corrected chi connectivity index (χ0v) is 15.4. The smallest absolute Gasteiger partial charge is 0.240 e. The van der Waals surface area contributed by atoms with Gasteiger partial charge in [0.05, 0.1) is 5.75 Å². The first kappa shape index (κ1) is 19.1. The normalized spacial score (nSPS) is 12.6. The lowest BCUT2D eigenvalue weighted by Crippen LogP contribution is -2.39. The fraction of sp³-hybridized carbons (Fsp3) is 0.316. The topological polar surface area (TPSA) is 54.5 Å². The molecular formula is C19H22FNO3S. The summed E-state index contributed by atoms with van der Waals surface area (Å²) < 4.78 is 38.4. The predicted molar refractivity (Wildman–Crippen MR) is 96.1 cm³/mol. The summed E-state index contributed by atoms with van der Waals surface area (Å²) >= 11 is 0. The van der Waals surface area contributed by atoms with Gasteiger partial charge in [-0.25, -0.2) is 12.8 Å². The van der Waals surface area contributed by atoms with Crippen molar-refractivity contribution in [1.82, 2.24) is 4.90 Å². The molecule has 0 saturated heterocycles. The number of benzene rings is 2. The molecule has 2 aromatic carbocycles. The van der Waals surface area contributed by atoms with Crippen LogP contribution in [0, 0.1) is 12.7 Å². The van der Waals surface area contributed by atoms with Crippen LogP contribution in [0.15, 0.2) is 48.5 Å². The van der Waals surface area contributed by atoms with Crippen LogP contribution in [0.2, 0.25) is 0 Å². The summed E-state index contributed by atoms with van der Waals surface area (Å²) in [6.07, 6.45) is 0. The number of nitrogens with zero attached hydrogens (tertiary/aromatic N) is 1. The Kier molecular flexibility index (Phi) is 5.95. The third-order valence-corrected chi connectivity index (χ3v) is 6.04. The first-order valence-corrected chi connectivity index (χ1v) is 9.67. The van der Waals surface area contributed by atoms with Crippen LogP contribution in [0.3, 0.4) is 0 Å². The number of rotatable bonds is 6. The Labute approximate surface area is 148 Å². The van der Waals surface area contributed by atoms with Crippen molar-refractivity contribution in [2.75, 3.05) is 7.05 Å². The lowest BCUT2D eigenvalue weighted by atomic mass is 10.2. The fourth-order valence-electron chi connectivity index (χ4n) is 2.61. The summed E-state index contributed by atoms with van der Waals surface area (Å²) in [5.74, 6) is -1.08. The second-order valence-corrected chi connectivity index (χ2v) is 8.58. The lowest BCUT2D eigenvalue weighted by molar-refractivity contribution is -0.129. The summed E-state index contributed by atoms with van der Waals surface area (Å²) in [5, 5.41) is -1.16. The van der Waals surface area contributed by atoms with E-state index in [1.165, 1.54) is 31.0 Å². The van der Waals surface area contributed by atoms with Gasteiger partial charge in [0.1, 0.15) is 11.1 Å². The van der Waals surface area contributed by atoms with Crippen molar-refractivity contribution >= 4 is 15.7 Å². The van der Waals surface area contributed by atoms with Gasteiger partial charge >= 0.3 is 0 Å². The zero-order valence-electron chi connectivity index (χ0n) is 14.6. The van der Waals surface area contributed by atoms with Crippen LogP contribution >= 0.6 is 0 Å². The molecule has 6 heteroatoms. The van der Waals surface area contributed by atoms with E-state index in [9.17, 15) is 17.6 Å². The summed E-state index contributed by atoms with van der Waals surface area (Å²) in [6, 6.07) is 13.1. The Balaban J connectivity index is 2.09. The molecule has 2 rings (SSSR count). The summed E-state index contributed by atoms with van der Waals surface area (Å²) in [7, 11) is -2.12. The van der Waals surface area contributed by atoms with Gasteiger partial charge in [-0.3, -0.25) is 4.79 Å². The third-order valence-electron chi connectivity index (χ3n) is 4.02. The van der Waals surface area contributed by atoms with Crippen LogP contribution in [0.4, 0.5) is 4.39 Å². The Morgan fingerprint density at radius 2 is 1.76 bits per heavy atom. The molecule has 0 saturated carbocycles. The highest BCUT2D eigenvalue weighted by molar-refractivity contribution is 7.92. The van der Waals surface area contributed by atoms with Gasteiger partial charge in [0.2, 0.25) is 5.91 Å². The molecular weight excluding hydrogens is 341 g/mol. The van der Waals surface area contributed by atoms with Gasteiger partial charge in [-0.2, -0.15) is 0 Å². The largest absolute Gasteiger partial charge is 0.340 e. The van der Waals surface area contributed by atoms with Crippen molar-refractivity contribution in [3.05, 3.63) is 71.0 Å². The van der Waals surface area contributed by atoms with Gasteiger partial charge in [0.25, 0.3) is 0 Å². The molecule has 0 aliphatic carbocycles. The van der Waals surface area contributed by atoms with Crippen molar-refractivity contribution in [2.24, 2.45) is 0 Å². The van der Waals surface area contributed by atoms with Crippen molar-refractivity contribution in [2.45, 2.75) is 31.4 Å². The monoisotopic (exact) mass is 363 g/mol. The first-order chi connectivity index (χ1) is 11.7. The van der Waals surface area contributed by atoms with E-state index in [1.54, 1.807) is 30.3 Å². The molecule has 0 aliphatic rings. The molecule has 0 aromatic heterocycles. The van der Waals surface area contributed by atoms with Gasteiger partial charge in [-0.1, -0.05) is 42.0 Å². The molecule has 0 aliphatic heterocycles. The molecule has 25 heavy (non-hydrogen) atoms. The molecule has 0 spiro atoms. The van der Waals surface area contributed by atoms with Gasteiger partial charge in [0, 0.05) is 13.6 Å². The van der Waals surface area contributed by atoms with Crippen LogP contribution in [0.5, 0.6) is 0 Å². The van der Waals surface area contributed by atoms with E-state index in [4.69, 9.17) is 0 Å². The number of amides is 1. The predicted octanol–water partition coefficient (Wildman–Crippen LogP) is 3.10. The first-order valence-electron chi connectivity index (χ1n) is 7.95. The minimum Gasteiger partial charge on any atom is -0.340 e. The maximum atomic E-state index is 13.2. The maximum Gasteiger partial charge on any atom is 0.240 e. The van der Waals surface area contributed by atoms with Crippen molar-refractivity contribution in [3.63, 3.8) is 0 Å². The maximum absolute atomic E-state index is 13.2. The number of carbonyl (C=O) groups is 1. The number of sulfone groups is 1. The van der Waals surface area contributed by atoms with Gasteiger partial charge in [0.15, 0.2) is 9.84 Å². The van der Waals surface area contributed by atoms with Crippen molar-refractivity contribution in [1.29, 1.82) is 0 Å². The zero-order chi connectivity index (χ0) is 18.6. The van der Waals surface area contributed by atoms with E-state index >= 15 is 0 Å². The van der Waals surface area contributed by atoms with E-state index in [0.29, 0.717) is 11.1 Å². The van der Waals surface area contributed by atoms with E-state index in [2.05, 4.69) is 0 Å². The fourth-order valence-corrected chi connectivity index (χ4v) is 3.99. The molecule has 0 radical (unpaired) electrons. The van der Waals surface area contributed by atoms with Crippen LogP contribution in [-0.2, 0) is 26.9 Å². The molecule has 1 atom stereocenters. The van der Waals surface area contributed by atoms with Gasteiger partial charge in [-0.15, -0.1) is 0 Å². The van der Waals surface area contributed by atoms with E-state index < -0.39 is 26.8 Å². The Morgan fingerprint density at radius 1 is 1.12 bits per heavy atom. The molecule has 4 nitrogen and oxygen atoms in total. The van der Waals surface area contributed by atoms with E-state index in [1.807, 2.05) is 13.0 Å². The summed E-state index contributed by atoms with van der Waals surface area (Å²) in [4.78, 5) is 13.8. The Morgan fingerprint density at radius 3 is 2.40 bits per heavy atom. The van der Waals surface area contributed by atoms with Crippen LogP contribution in [-0.4, -0.2) is 31.5 Å². The average molecular weight is 363 g/mol. The number of hydrogen-bond donors (Lipinski definition) is 0. The molecule has 134 valence electrons. The molecule has 0 heterocycles. The minimum absolute atomic E-state index is 0.154. The number of hydrogen-bond acceptors (Lipinski definition) is 3. The van der Waals surface area contributed by atoms with Crippen LogP contribution in [0.25, 0.3) is 0 Å². The highest BCUT2D eigenvalue weighted by Crippen LogP contribution is 2.15. The third kappa shape index (κ3) is 5.13. The minimum atomic E-state index is -3.64. The van der Waals surface area contributed by atoms with Gasteiger partial charge < -0.3 is 4.90 Å². The summed E-state index contributed by atoms with van der Waals surface area (Å²) in [5.41, 5.74) is 2.24.